The van der Waals surface area contributed by atoms with Crippen LogP contribution in [0.3, 0.4) is 0 Å². The zero-order chi connectivity index (χ0) is 19.1. The Kier molecular flexibility index (Phi) is 6.38. The van der Waals surface area contributed by atoms with Gasteiger partial charge in [0.15, 0.2) is 0 Å². The quantitative estimate of drug-likeness (QED) is 0.715. The van der Waals surface area contributed by atoms with E-state index in [4.69, 9.17) is 4.74 Å². The Labute approximate surface area is 161 Å². The molecular formula is C23H29NO3. The van der Waals surface area contributed by atoms with Crippen molar-refractivity contribution in [2.24, 2.45) is 0 Å². The molecule has 0 atom stereocenters. The van der Waals surface area contributed by atoms with E-state index in [-0.39, 0.29) is 11.7 Å². The van der Waals surface area contributed by atoms with Crippen LogP contribution >= 0.6 is 0 Å². The van der Waals surface area contributed by atoms with Gasteiger partial charge >= 0.3 is 0 Å². The van der Waals surface area contributed by atoms with Crippen molar-refractivity contribution < 1.29 is 14.6 Å². The molecule has 1 saturated carbocycles. The summed E-state index contributed by atoms with van der Waals surface area (Å²) < 4.78 is 5.26. The molecule has 4 nitrogen and oxygen atoms in total. The third-order valence-corrected chi connectivity index (χ3v) is 5.65. The summed E-state index contributed by atoms with van der Waals surface area (Å²) >= 11 is 0. The minimum atomic E-state index is -0.414. The van der Waals surface area contributed by atoms with Crippen LogP contribution in [0.15, 0.2) is 48.5 Å². The molecule has 2 aromatic carbocycles. The number of hydrogen-bond donors (Lipinski definition) is 2. The molecule has 2 N–H and O–H groups in total. The predicted molar refractivity (Wildman–Crippen MR) is 107 cm³/mol. The molecular weight excluding hydrogens is 338 g/mol. The van der Waals surface area contributed by atoms with Crippen molar-refractivity contribution in [1.29, 1.82) is 0 Å². The highest BCUT2D eigenvalue weighted by molar-refractivity contribution is 5.88. The van der Waals surface area contributed by atoms with Gasteiger partial charge in [-0.3, -0.25) is 4.79 Å². The Bertz CT molecular complexity index is 731. The van der Waals surface area contributed by atoms with Crippen molar-refractivity contribution in [2.75, 3.05) is 13.7 Å². The van der Waals surface area contributed by atoms with Crippen LogP contribution in [0.5, 0.6) is 11.5 Å². The van der Waals surface area contributed by atoms with Crippen molar-refractivity contribution >= 4 is 5.91 Å². The van der Waals surface area contributed by atoms with Gasteiger partial charge in [0.25, 0.3) is 0 Å². The molecule has 1 aliphatic rings. The maximum atomic E-state index is 13.2. The number of rotatable bonds is 7. The number of aromatic hydroxyl groups is 1. The van der Waals surface area contributed by atoms with E-state index in [0.29, 0.717) is 6.54 Å². The zero-order valence-electron chi connectivity index (χ0n) is 16.0. The second-order valence-corrected chi connectivity index (χ2v) is 7.40. The first-order valence-electron chi connectivity index (χ1n) is 9.85. The molecule has 0 aromatic heterocycles. The number of amides is 1. The van der Waals surface area contributed by atoms with E-state index in [0.717, 1.165) is 49.8 Å². The number of phenolic OH excluding ortho intramolecular Hbond substituents is 1. The minimum absolute atomic E-state index is 0.151. The van der Waals surface area contributed by atoms with Crippen LogP contribution in [0.4, 0.5) is 0 Å². The van der Waals surface area contributed by atoms with Crippen molar-refractivity contribution in [2.45, 2.75) is 50.4 Å². The molecule has 1 fully saturated rings. The third-order valence-electron chi connectivity index (χ3n) is 5.65. The van der Waals surface area contributed by atoms with Gasteiger partial charge in [-0.15, -0.1) is 0 Å². The highest BCUT2D eigenvalue weighted by atomic mass is 16.5. The first kappa shape index (κ1) is 19.3. The molecule has 0 heterocycles. The number of phenols is 1. The Balaban J connectivity index is 1.62. The first-order valence-corrected chi connectivity index (χ1v) is 9.85. The lowest BCUT2D eigenvalue weighted by atomic mass is 9.68. The average molecular weight is 367 g/mol. The summed E-state index contributed by atoms with van der Waals surface area (Å²) in [5.41, 5.74) is 1.85. The highest BCUT2D eigenvalue weighted by Gasteiger charge is 2.40. The summed E-state index contributed by atoms with van der Waals surface area (Å²) in [5, 5.41) is 12.5. The van der Waals surface area contributed by atoms with Gasteiger partial charge in [0, 0.05) is 6.54 Å². The van der Waals surface area contributed by atoms with Crippen molar-refractivity contribution in [1.82, 2.24) is 5.32 Å². The lowest BCUT2D eigenvalue weighted by Crippen LogP contribution is -2.46. The molecule has 4 heteroatoms. The summed E-state index contributed by atoms with van der Waals surface area (Å²) in [5.74, 6) is 1.25. The number of ether oxygens (including phenoxy) is 1. The van der Waals surface area contributed by atoms with Gasteiger partial charge in [-0.2, -0.15) is 0 Å². The van der Waals surface area contributed by atoms with Crippen LogP contribution in [-0.2, 0) is 16.6 Å². The molecule has 0 bridgehead atoms. The van der Waals surface area contributed by atoms with E-state index >= 15 is 0 Å². The predicted octanol–water partition coefficient (Wildman–Crippen LogP) is 4.35. The van der Waals surface area contributed by atoms with Gasteiger partial charge < -0.3 is 15.2 Å². The minimum Gasteiger partial charge on any atom is -0.508 e. The van der Waals surface area contributed by atoms with Crippen LogP contribution in [0.25, 0.3) is 0 Å². The monoisotopic (exact) mass is 367 g/mol. The van der Waals surface area contributed by atoms with Gasteiger partial charge in [-0.1, -0.05) is 43.5 Å². The Morgan fingerprint density at radius 2 is 1.70 bits per heavy atom. The molecule has 0 unspecified atom stereocenters. The van der Waals surface area contributed by atoms with Crippen molar-refractivity contribution in [3.05, 3.63) is 59.7 Å². The number of hydrogen-bond acceptors (Lipinski definition) is 3. The van der Waals surface area contributed by atoms with Crippen LogP contribution in [0, 0.1) is 0 Å². The van der Waals surface area contributed by atoms with Crippen molar-refractivity contribution in [3.8, 4) is 11.5 Å². The Morgan fingerprint density at radius 1 is 1.04 bits per heavy atom. The largest absolute Gasteiger partial charge is 0.508 e. The Hall–Kier alpha value is -2.49. The maximum Gasteiger partial charge on any atom is 0.230 e. The molecule has 0 spiro atoms. The summed E-state index contributed by atoms with van der Waals surface area (Å²) in [6.07, 6.45) is 6.96. The van der Waals surface area contributed by atoms with Crippen LogP contribution in [-0.4, -0.2) is 24.7 Å². The lowest BCUT2D eigenvalue weighted by Gasteiger charge is -2.36. The van der Waals surface area contributed by atoms with E-state index in [1.54, 1.807) is 19.2 Å². The number of benzene rings is 2. The van der Waals surface area contributed by atoms with Gasteiger partial charge in [0.1, 0.15) is 11.5 Å². The number of methoxy groups -OCH3 is 1. The Morgan fingerprint density at radius 3 is 2.33 bits per heavy atom. The smallest absolute Gasteiger partial charge is 0.230 e. The normalized spacial score (nSPS) is 15.9. The zero-order valence-corrected chi connectivity index (χ0v) is 16.0. The number of carbonyl (C=O) groups excluding carboxylic acids is 1. The highest BCUT2D eigenvalue weighted by Crippen LogP contribution is 2.40. The van der Waals surface area contributed by atoms with Gasteiger partial charge in [0.05, 0.1) is 12.5 Å². The van der Waals surface area contributed by atoms with Crippen LogP contribution < -0.4 is 10.1 Å². The number of carbonyl (C=O) groups is 1. The first-order chi connectivity index (χ1) is 13.1. The van der Waals surface area contributed by atoms with E-state index in [2.05, 4.69) is 5.32 Å². The van der Waals surface area contributed by atoms with Crippen LogP contribution in [0.2, 0.25) is 0 Å². The van der Waals surface area contributed by atoms with Gasteiger partial charge in [-0.25, -0.2) is 0 Å². The average Bonchev–Trinajstić information content (AvgIpc) is 2.73. The molecule has 1 aliphatic carbocycles. The van der Waals surface area contributed by atoms with E-state index in [1.807, 2.05) is 36.4 Å². The third kappa shape index (κ3) is 4.62. The second kappa shape index (κ2) is 8.94. The summed E-state index contributed by atoms with van der Waals surface area (Å²) in [7, 11) is 1.66. The molecule has 3 rings (SSSR count). The molecule has 144 valence electrons. The molecule has 2 aromatic rings. The molecule has 0 aliphatic heterocycles. The molecule has 0 radical (unpaired) electrons. The number of nitrogens with one attached hydrogen (secondary N) is 1. The molecule has 27 heavy (non-hydrogen) atoms. The topological polar surface area (TPSA) is 58.6 Å². The number of aryl methyl sites for hydroxylation is 1. The molecule has 1 amide bonds. The maximum absolute atomic E-state index is 13.2. The van der Waals surface area contributed by atoms with E-state index in [9.17, 15) is 9.90 Å². The fraction of sp³-hybridized carbons (Fsp3) is 0.435. The van der Waals surface area contributed by atoms with Crippen molar-refractivity contribution in [3.63, 3.8) is 0 Å². The van der Waals surface area contributed by atoms with Gasteiger partial charge in [0.2, 0.25) is 5.91 Å². The fourth-order valence-electron chi connectivity index (χ4n) is 4.04. The summed E-state index contributed by atoms with van der Waals surface area (Å²) in [6, 6.07) is 15.2. The standard InChI is InChI=1S/C23H29NO3/c1-27-21-13-9-19(10-14-21)23(15-3-2-4-16-23)22(26)24-17-5-6-18-7-11-20(25)12-8-18/h7-14,25H,2-6,15-17H2,1H3,(H,24,26). The van der Waals surface area contributed by atoms with E-state index < -0.39 is 5.41 Å². The van der Waals surface area contributed by atoms with E-state index in [1.165, 1.54) is 12.0 Å². The fourth-order valence-corrected chi connectivity index (χ4v) is 4.04. The van der Waals surface area contributed by atoms with Crippen LogP contribution in [0.1, 0.15) is 49.7 Å². The summed E-state index contributed by atoms with van der Waals surface area (Å²) in [6.45, 7) is 0.664. The summed E-state index contributed by atoms with van der Waals surface area (Å²) in [4.78, 5) is 13.2. The van der Waals surface area contributed by atoms with Gasteiger partial charge in [-0.05, 0) is 61.1 Å². The second-order valence-electron chi connectivity index (χ2n) is 7.40. The lowest BCUT2D eigenvalue weighted by molar-refractivity contribution is -0.128. The molecule has 0 saturated heterocycles. The SMILES string of the molecule is COc1ccc(C2(C(=O)NCCCc3ccc(O)cc3)CCCCC2)cc1.